The fourth-order valence-electron chi connectivity index (χ4n) is 3.08. The van der Waals surface area contributed by atoms with Crippen LogP contribution in [0, 0.1) is 0 Å². The highest BCUT2D eigenvalue weighted by Crippen LogP contribution is 2.26. The van der Waals surface area contributed by atoms with Crippen molar-refractivity contribution >= 4 is 29.1 Å². The number of para-hydroxylation sites is 2. The molecule has 27 heavy (non-hydrogen) atoms. The van der Waals surface area contributed by atoms with Crippen LogP contribution in [0.25, 0.3) is 0 Å². The van der Waals surface area contributed by atoms with E-state index in [1.165, 1.54) is 0 Å². The number of halogens is 1. The number of benzene rings is 2. The molecule has 1 N–H and O–H groups in total. The van der Waals surface area contributed by atoms with Crippen LogP contribution in [0.1, 0.15) is 5.56 Å². The zero-order valence-electron chi connectivity index (χ0n) is 15.2. The summed E-state index contributed by atoms with van der Waals surface area (Å²) in [6.45, 7) is 1.86. The Bertz CT molecular complexity index is 828. The van der Waals surface area contributed by atoms with Crippen LogP contribution in [0.15, 0.2) is 48.5 Å². The highest BCUT2D eigenvalue weighted by Gasteiger charge is 2.27. The number of carbonyl (C=O) groups is 2. The second-order valence-corrected chi connectivity index (χ2v) is 6.70. The van der Waals surface area contributed by atoms with E-state index in [9.17, 15) is 9.59 Å². The number of methoxy groups -OCH3 is 1. The van der Waals surface area contributed by atoms with Gasteiger partial charge < -0.3 is 15.0 Å². The maximum Gasteiger partial charge on any atom is 0.241 e. The lowest BCUT2D eigenvalue weighted by Gasteiger charge is -2.34. The largest absolute Gasteiger partial charge is 0.496 e. The lowest BCUT2D eigenvalue weighted by Crippen LogP contribution is -2.52. The maximum absolute atomic E-state index is 12.5. The van der Waals surface area contributed by atoms with Gasteiger partial charge in [-0.15, -0.1) is 0 Å². The molecule has 0 radical (unpaired) electrons. The van der Waals surface area contributed by atoms with Gasteiger partial charge in [0.1, 0.15) is 5.75 Å². The van der Waals surface area contributed by atoms with E-state index in [2.05, 4.69) is 5.32 Å². The third kappa shape index (κ3) is 4.78. The van der Waals surface area contributed by atoms with Gasteiger partial charge in [-0.25, -0.2) is 0 Å². The van der Waals surface area contributed by atoms with E-state index in [-0.39, 0.29) is 24.9 Å². The molecule has 2 amide bonds. The quantitative estimate of drug-likeness (QED) is 0.826. The molecule has 142 valence electrons. The van der Waals surface area contributed by atoms with Gasteiger partial charge in [0.05, 0.1) is 30.9 Å². The number of piperazine rings is 1. The molecular formula is C20H22ClN3O3. The normalized spacial score (nSPS) is 14.9. The monoisotopic (exact) mass is 387 g/mol. The zero-order chi connectivity index (χ0) is 19.2. The van der Waals surface area contributed by atoms with Gasteiger partial charge in [0.25, 0.3) is 0 Å². The van der Waals surface area contributed by atoms with Gasteiger partial charge in [-0.3, -0.25) is 14.5 Å². The fourth-order valence-corrected chi connectivity index (χ4v) is 3.32. The van der Waals surface area contributed by atoms with E-state index >= 15 is 0 Å². The smallest absolute Gasteiger partial charge is 0.241 e. The number of hydrogen-bond donors (Lipinski definition) is 1. The van der Waals surface area contributed by atoms with Crippen LogP contribution in [0.5, 0.6) is 5.75 Å². The Morgan fingerprint density at radius 1 is 1.15 bits per heavy atom. The number of anilines is 1. The second-order valence-electron chi connectivity index (χ2n) is 6.30. The van der Waals surface area contributed by atoms with Gasteiger partial charge in [-0.05, 0) is 18.2 Å². The molecule has 0 bridgehead atoms. The average Bonchev–Trinajstić information content (AvgIpc) is 2.67. The number of carbonyl (C=O) groups excluding carboxylic acids is 2. The van der Waals surface area contributed by atoms with Crippen molar-refractivity contribution in [1.82, 2.24) is 10.2 Å². The van der Waals surface area contributed by atoms with Crippen molar-refractivity contribution in [3.8, 4) is 5.75 Å². The molecule has 3 rings (SSSR count). The summed E-state index contributed by atoms with van der Waals surface area (Å²) in [5, 5.41) is 3.43. The molecule has 1 fully saturated rings. The van der Waals surface area contributed by atoms with Gasteiger partial charge in [0.15, 0.2) is 0 Å². The van der Waals surface area contributed by atoms with Gasteiger partial charge in [-0.1, -0.05) is 41.9 Å². The standard InChI is InChI=1S/C20H22ClN3O3/c1-27-18-9-5-2-6-15(18)12-22-19(25)13-23-10-11-24(20(26)14-23)17-8-4-3-7-16(17)21/h2-9H,10-14H2,1H3,(H,22,25). The van der Waals surface area contributed by atoms with Crippen LogP contribution in [0.2, 0.25) is 5.02 Å². The minimum atomic E-state index is -0.125. The lowest BCUT2D eigenvalue weighted by molar-refractivity contribution is -0.125. The Morgan fingerprint density at radius 3 is 2.63 bits per heavy atom. The number of hydrogen-bond acceptors (Lipinski definition) is 4. The Kier molecular flexibility index (Phi) is 6.32. The third-order valence-electron chi connectivity index (χ3n) is 4.48. The summed E-state index contributed by atoms with van der Waals surface area (Å²) < 4.78 is 5.28. The molecule has 0 aliphatic carbocycles. The molecule has 2 aromatic rings. The third-order valence-corrected chi connectivity index (χ3v) is 4.80. The zero-order valence-corrected chi connectivity index (χ0v) is 15.9. The summed E-state index contributed by atoms with van der Waals surface area (Å²) in [7, 11) is 1.60. The van der Waals surface area contributed by atoms with Crippen LogP contribution in [0.3, 0.4) is 0 Å². The average molecular weight is 388 g/mol. The van der Waals surface area contributed by atoms with Gasteiger partial charge in [-0.2, -0.15) is 0 Å². The number of nitrogens with zero attached hydrogens (tertiary/aromatic N) is 2. The molecule has 0 spiro atoms. The van der Waals surface area contributed by atoms with E-state index in [0.29, 0.717) is 30.3 Å². The molecule has 6 nitrogen and oxygen atoms in total. The maximum atomic E-state index is 12.5. The van der Waals surface area contributed by atoms with Crippen molar-refractivity contribution in [2.45, 2.75) is 6.54 Å². The molecular weight excluding hydrogens is 366 g/mol. The van der Waals surface area contributed by atoms with E-state index in [4.69, 9.17) is 16.3 Å². The molecule has 2 aromatic carbocycles. The first kappa shape index (κ1) is 19.2. The molecule has 1 aliphatic heterocycles. The number of ether oxygens (including phenoxy) is 1. The van der Waals surface area contributed by atoms with E-state index < -0.39 is 0 Å². The SMILES string of the molecule is COc1ccccc1CNC(=O)CN1CCN(c2ccccc2Cl)C(=O)C1. The molecule has 0 saturated carbocycles. The minimum Gasteiger partial charge on any atom is -0.496 e. The van der Waals surface area contributed by atoms with Crippen LogP contribution in [0.4, 0.5) is 5.69 Å². The van der Waals surface area contributed by atoms with Crippen molar-refractivity contribution in [3.63, 3.8) is 0 Å². The summed E-state index contributed by atoms with van der Waals surface area (Å²) >= 11 is 6.19. The Hall–Kier alpha value is -2.57. The number of nitrogens with one attached hydrogen (secondary N) is 1. The summed E-state index contributed by atoms with van der Waals surface area (Å²) in [5.41, 5.74) is 1.62. The van der Waals surface area contributed by atoms with Crippen molar-refractivity contribution in [3.05, 3.63) is 59.1 Å². The highest BCUT2D eigenvalue weighted by atomic mass is 35.5. The first-order valence-electron chi connectivity index (χ1n) is 8.74. The Morgan fingerprint density at radius 2 is 1.89 bits per heavy atom. The van der Waals surface area contributed by atoms with Crippen LogP contribution in [-0.4, -0.2) is 50.0 Å². The molecule has 1 saturated heterocycles. The summed E-state index contributed by atoms with van der Waals surface area (Å²) in [6.07, 6.45) is 0. The predicted molar refractivity (Wildman–Crippen MR) is 105 cm³/mol. The molecule has 1 heterocycles. The van der Waals surface area contributed by atoms with Gasteiger partial charge in [0, 0.05) is 25.2 Å². The highest BCUT2D eigenvalue weighted by molar-refractivity contribution is 6.33. The fraction of sp³-hybridized carbons (Fsp3) is 0.300. The Balaban J connectivity index is 1.52. The number of rotatable bonds is 6. The van der Waals surface area contributed by atoms with Crippen LogP contribution >= 0.6 is 11.6 Å². The van der Waals surface area contributed by atoms with Crippen molar-refractivity contribution in [2.24, 2.45) is 0 Å². The second kappa shape index (κ2) is 8.88. The predicted octanol–water partition coefficient (Wildman–Crippen LogP) is 2.31. The van der Waals surface area contributed by atoms with E-state index in [1.54, 1.807) is 18.1 Å². The van der Waals surface area contributed by atoms with E-state index in [0.717, 1.165) is 11.3 Å². The van der Waals surface area contributed by atoms with Crippen molar-refractivity contribution < 1.29 is 14.3 Å². The molecule has 0 aromatic heterocycles. The van der Waals surface area contributed by atoms with Gasteiger partial charge >= 0.3 is 0 Å². The van der Waals surface area contributed by atoms with Crippen LogP contribution in [-0.2, 0) is 16.1 Å². The Labute approximate surface area is 163 Å². The van der Waals surface area contributed by atoms with Crippen LogP contribution < -0.4 is 15.0 Å². The topological polar surface area (TPSA) is 61.9 Å². The molecule has 0 atom stereocenters. The summed E-state index contributed by atoms with van der Waals surface area (Å²) in [6, 6.07) is 14.8. The summed E-state index contributed by atoms with van der Waals surface area (Å²) in [5.74, 6) is 0.549. The molecule has 1 aliphatic rings. The van der Waals surface area contributed by atoms with Crippen molar-refractivity contribution in [1.29, 1.82) is 0 Å². The minimum absolute atomic E-state index is 0.0631. The molecule has 7 heteroatoms. The van der Waals surface area contributed by atoms with Gasteiger partial charge in [0.2, 0.25) is 11.8 Å². The molecule has 0 unspecified atom stereocenters. The van der Waals surface area contributed by atoms with E-state index in [1.807, 2.05) is 47.4 Å². The number of amides is 2. The van der Waals surface area contributed by atoms with Crippen molar-refractivity contribution in [2.75, 3.05) is 38.2 Å². The summed E-state index contributed by atoms with van der Waals surface area (Å²) in [4.78, 5) is 28.2. The first-order valence-corrected chi connectivity index (χ1v) is 9.12. The lowest BCUT2D eigenvalue weighted by atomic mass is 10.2. The first-order chi connectivity index (χ1) is 13.1.